The Morgan fingerprint density at radius 3 is 3.13 bits per heavy atom. The number of nitrogens with zero attached hydrogens (tertiary/aromatic N) is 3. The Morgan fingerprint density at radius 2 is 2.47 bits per heavy atom. The summed E-state index contributed by atoms with van der Waals surface area (Å²) in [7, 11) is 0. The standard InChI is InChI=1S/C8H15N5O2/c9-2-4-13-6-7(11-12-13)8(15)10-3-1-5-14/h6,14H,1-5,9H2,(H,10,15). The van der Waals surface area contributed by atoms with Gasteiger partial charge in [-0.2, -0.15) is 0 Å². The third-order valence-corrected chi connectivity index (χ3v) is 1.75. The number of amides is 1. The summed E-state index contributed by atoms with van der Waals surface area (Å²) in [5, 5.41) is 18.6. The summed E-state index contributed by atoms with van der Waals surface area (Å²) in [4.78, 5) is 11.4. The van der Waals surface area contributed by atoms with E-state index in [2.05, 4.69) is 15.6 Å². The molecule has 0 atom stereocenters. The molecule has 0 bridgehead atoms. The van der Waals surface area contributed by atoms with Crippen LogP contribution in [0.4, 0.5) is 0 Å². The number of aliphatic hydroxyl groups is 1. The van der Waals surface area contributed by atoms with Gasteiger partial charge in [0.2, 0.25) is 0 Å². The van der Waals surface area contributed by atoms with E-state index in [-0.39, 0.29) is 18.2 Å². The summed E-state index contributed by atoms with van der Waals surface area (Å²) in [6.45, 7) is 1.48. The molecule has 0 saturated heterocycles. The van der Waals surface area contributed by atoms with Gasteiger partial charge in [0.15, 0.2) is 5.69 Å². The molecule has 0 aliphatic heterocycles. The lowest BCUT2D eigenvalue weighted by Gasteiger charge is -1.99. The molecule has 0 aliphatic carbocycles. The summed E-state index contributed by atoms with van der Waals surface area (Å²) >= 11 is 0. The minimum Gasteiger partial charge on any atom is -0.396 e. The number of nitrogens with two attached hydrogens (primary N) is 1. The molecule has 1 amide bonds. The van der Waals surface area contributed by atoms with Crippen molar-refractivity contribution in [3.8, 4) is 0 Å². The van der Waals surface area contributed by atoms with Crippen LogP contribution in [0.1, 0.15) is 16.9 Å². The SMILES string of the molecule is NCCn1cc(C(=O)NCCCO)nn1. The van der Waals surface area contributed by atoms with Gasteiger partial charge in [0.25, 0.3) is 5.91 Å². The molecule has 0 spiro atoms. The van der Waals surface area contributed by atoms with Crippen LogP contribution in [0.15, 0.2) is 6.20 Å². The number of carbonyl (C=O) groups is 1. The summed E-state index contributed by atoms with van der Waals surface area (Å²) in [6.07, 6.45) is 2.07. The van der Waals surface area contributed by atoms with E-state index in [1.807, 2.05) is 0 Å². The van der Waals surface area contributed by atoms with Gasteiger partial charge < -0.3 is 16.2 Å². The van der Waals surface area contributed by atoms with Crippen molar-refractivity contribution in [2.75, 3.05) is 19.7 Å². The zero-order valence-corrected chi connectivity index (χ0v) is 8.39. The van der Waals surface area contributed by atoms with Crippen LogP contribution in [-0.4, -0.2) is 45.7 Å². The summed E-state index contributed by atoms with van der Waals surface area (Å²) in [5.74, 6) is -0.285. The molecule has 0 radical (unpaired) electrons. The molecular weight excluding hydrogens is 198 g/mol. The van der Waals surface area contributed by atoms with E-state index >= 15 is 0 Å². The predicted octanol–water partition coefficient (Wildman–Crippen LogP) is -1.65. The minimum absolute atomic E-state index is 0.0557. The van der Waals surface area contributed by atoms with Gasteiger partial charge in [-0.3, -0.25) is 9.48 Å². The van der Waals surface area contributed by atoms with Crippen molar-refractivity contribution < 1.29 is 9.90 Å². The Kier molecular flexibility index (Phi) is 4.72. The molecule has 7 heteroatoms. The van der Waals surface area contributed by atoms with Crippen molar-refractivity contribution >= 4 is 5.91 Å². The van der Waals surface area contributed by atoms with E-state index in [9.17, 15) is 4.79 Å². The van der Waals surface area contributed by atoms with Crippen molar-refractivity contribution in [1.82, 2.24) is 20.3 Å². The molecule has 0 aromatic carbocycles. The van der Waals surface area contributed by atoms with E-state index in [1.54, 1.807) is 6.20 Å². The van der Waals surface area contributed by atoms with Crippen LogP contribution >= 0.6 is 0 Å². The van der Waals surface area contributed by atoms with Crippen LogP contribution in [-0.2, 0) is 6.54 Å². The second-order valence-electron chi connectivity index (χ2n) is 2.99. The van der Waals surface area contributed by atoms with Gasteiger partial charge in [0.1, 0.15) is 0 Å². The maximum atomic E-state index is 11.4. The van der Waals surface area contributed by atoms with Crippen LogP contribution < -0.4 is 11.1 Å². The fourth-order valence-corrected chi connectivity index (χ4v) is 1.02. The van der Waals surface area contributed by atoms with Crippen LogP contribution in [0, 0.1) is 0 Å². The zero-order chi connectivity index (χ0) is 11.1. The molecule has 0 unspecified atom stereocenters. The minimum atomic E-state index is -0.285. The van der Waals surface area contributed by atoms with E-state index in [1.165, 1.54) is 4.68 Å². The molecule has 84 valence electrons. The lowest BCUT2D eigenvalue weighted by atomic mass is 10.4. The maximum absolute atomic E-state index is 11.4. The van der Waals surface area contributed by atoms with Crippen LogP contribution in [0.5, 0.6) is 0 Å². The van der Waals surface area contributed by atoms with E-state index in [0.717, 1.165) is 0 Å². The third kappa shape index (κ3) is 3.64. The number of hydrogen-bond donors (Lipinski definition) is 3. The molecule has 0 aliphatic rings. The molecule has 1 heterocycles. The van der Waals surface area contributed by atoms with Gasteiger partial charge in [0.05, 0.1) is 12.7 Å². The van der Waals surface area contributed by atoms with E-state index < -0.39 is 0 Å². The molecule has 7 nitrogen and oxygen atoms in total. The fraction of sp³-hybridized carbons (Fsp3) is 0.625. The van der Waals surface area contributed by atoms with Crippen molar-refractivity contribution in [2.24, 2.45) is 5.73 Å². The quantitative estimate of drug-likeness (QED) is 0.491. The first kappa shape index (κ1) is 11.6. The van der Waals surface area contributed by atoms with Gasteiger partial charge in [-0.05, 0) is 6.42 Å². The van der Waals surface area contributed by atoms with Gasteiger partial charge in [-0.15, -0.1) is 5.10 Å². The second-order valence-corrected chi connectivity index (χ2v) is 2.99. The van der Waals surface area contributed by atoms with Gasteiger partial charge >= 0.3 is 0 Å². The Bertz CT molecular complexity index is 312. The highest BCUT2D eigenvalue weighted by Crippen LogP contribution is 1.92. The lowest BCUT2D eigenvalue weighted by molar-refractivity contribution is 0.0946. The largest absolute Gasteiger partial charge is 0.396 e. The molecule has 4 N–H and O–H groups in total. The van der Waals surface area contributed by atoms with Crippen molar-refractivity contribution in [3.63, 3.8) is 0 Å². The maximum Gasteiger partial charge on any atom is 0.273 e. The monoisotopic (exact) mass is 213 g/mol. The molecule has 1 aromatic heterocycles. The highest BCUT2D eigenvalue weighted by atomic mass is 16.3. The Morgan fingerprint density at radius 1 is 1.67 bits per heavy atom. The number of rotatable bonds is 6. The number of nitrogens with one attached hydrogen (secondary N) is 1. The first-order chi connectivity index (χ1) is 7.27. The molecular formula is C8H15N5O2. The number of hydrogen-bond acceptors (Lipinski definition) is 5. The van der Waals surface area contributed by atoms with Gasteiger partial charge in [-0.25, -0.2) is 0 Å². The summed E-state index contributed by atoms with van der Waals surface area (Å²) < 4.78 is 1.51. The first-order valence-corrected chi connectivity index (χ1v) is 4.77. The zero-order valence-electron chi connectivity index (χ0n) is 8.39. The topological polar surface area (TPSA) is 106 Å². The highest BCUT2D eigenvalue weighted by Gasteiger charge is 2.09. The number of aromatic nitrogens is 3. The van der Waals surface area contributed by atoms with Gasteiger partial charge in [-0.1, -0.05) is 5.21 Å². The summed E-state index contributed by atoms with van der Waals surface area (Å²) in [5.41, 5.74) is 5.59. The predicted molar refractivity (Wildman–Crippen MR) is 53.1 cm³/mol. The normalized spacial score (nSPS) is 10.3. The average molecular weight is 213 g/mol. The number of aliphatic hydroxyl groups excluding tert-OH is 1. The second kappa shape index (κ2) is 6.10. The lowest BCUT2D eigenvalue weighted by Crippen LogP contribution is -2.25. The summed E-state index contributed by atoms with van der Waals surface area (Å²) in [6, 6.07) is 0. The highest BCUT2D eigenvalue weighted by molar-refractivity contribution is 5.91. The van der Waals surface area contributed by atoms with Crippen molar-refractivity contribution in [1.29, 1.82) is 0 Å². The van der Waals surface area contributed by atoms with Crippen molar-refractivity contribution in [2.45, 2.75) is 13.0 Å². The smallest absolute Gasteiger partial charge is 0.273 e. The van der Waals surface area contributed by atoms with Crippen LogP contribution in [0.2, 0.25) is 0 Å². The fourth-order valence-electron chi connectivity index (χ4n) is 1.02. The Hall–Kier alpha value is -1.47. The first-order valence-electron chi connectivity index (χ1n) is 4.77. The van der Waals surface area contributed by atoms with Crippen molar-refractivity contribution in [3.05, 3.63) is 11.9 Å². The van der Waals surface area contributed by atoms with E-state index in [4.69, 9.17) is 10.8 Å². The molecule has 0 fully saturated rings. The van der Waals surface area contributed by atoms with E-state index in [0.29, 0.717) is 26.1 Å². The molecule has 1 aromatic rings. The molecule has 1 rings (SSSR count). The van der Waals surface area contributed by atoms with Crippen LogP contribution in [0.3, 0.4) is 0 Å². The Balaban J connectivity index is 2.43. The van der Waals surface area contributed by atoms with Crippen LogP contribution in [0.25, 0.3) is 0 Å². The number of carbonyl (C=O) groups excluding carboxylic acids is 1. The average Bonchev–Trinajstić information content (AvgIpc) is 2.67. The molecule has 0 saturated carbocycles. The Labute approximate surface area is 87.3 Å². The molecule has 15 heavy (non-hydrogen) atoms. The third-order valence-electron chi connectivity index (χ3n) is 1.75. The van der Waals surface area contributed by atoms with Gasteiger partial charge in [0, 0.05) is 19.7 Å².